The van der Waals surface area contributed by atoms with Gasteiger partial charge in [0, 0.05) is 19.1 Å². The Labute approximate surface area is 105 Å². The van der Waals surface area contributed by atoms with Crippen LogP contribution in [0.3, 0.4) is 0 Å². The van der Waals surface area contributed by atoms with Crippen LogP contribution in [0.15, 0.2) is 0 Å². The van der Waals surface area contributed by atoms with Crippen LogP contribution in [0.5, 0.6) is 0 Å². The number of aliphatic hydroxyl groups is 1. The summed E-state index contributed by atoms with van der Waals surface area (Å²) in [6.45, 7) is 10.4. The van der Waals surface area contributed by atoms with Crippen LogP contribution in [0, 0.1) is 0 Å². The third kappa shape index (κ3) is 6.36. The van der Waals surface area contributed by atoms with E-state index in [0.717, 1.165) is 19.6 Å². The van der Waals surface area contributed by atoms with E-state index in [0.29, 0.717) is 19.2 Å². The molecule has 1 fully saturated rings. The van der Waals surface area contributed by atoms with Crippen molar-refractivity contribution in [3.63, 3.8) is 0 Å². The van der Waals surface area contributed by atoms with Crippen molar-refractivity contribution in [2.45, 2.75) is 51.9 Å². The van der Waals surface area contributed by atoms with Crippen molar-refractivity contribution in [2.24, 2.45) is 0 Å². The zero-order valence-electron chi connectivity index (χ0n) is 11.5. The molecule has 0 radical (unpaired) electrons. The number of hydrogen-bond donors (Lipinski definition) is 2. The summed E-state index contributed by atoms with van der Waals surface area (Å²) in [5.74, 6) is 0. The molecular weight excluding hydrogens is 216 g/mol. The van der Waals surface area contributed by atoms with Gasteiger partial charge in [-0.1, -0.05) is 6.92 Å². The third-order valence-electron chi connectivity index (χ3n) is 3.18. The fourth-order valence-electron chi connectivity index (χ4n) is 2.21. The van der Waals surface area contributed by atoms with E-state index in [9.17, 15) is 5.11 Å². The Balaban J connectivity index is 2.20. The minimum Gasteiger partial charge on any atom is -0.389 e. The lowest BCUT2D eigenvalue weighted by atomic mass is 10.2. The molecule has 0 saturated carbocycles. The van der Waals surface area contributed by atoms with Crippen LogP contribution < -0.4 is 5.32 Å². The fraction of sp³-hybridized carbons (Fsp3) is 1.00. The molecule has 2 atom stereocenters. The second kappa shape index (κ2) is 8.03. The second-order valence-electron chi connectivity index (χ2n) is 5.18. The molecule has 0 aromatic rings. The predicted octanol–water partition coefficient (Wildman–Crippen LogP) is 0.846. The van der Waals surface area contributed by atoms with E-state index in [-0.39, 0.29) is 12.2 Å². The van der Waals surface area contributed by atoms with Gasteiger partial charge in [0.25, 0.3) is 0 Å². The molecule has 0 aliphatic carbocycles. The molecule has 4 heteroatoms. The van der Waals surface area contributed by atoms with Crippen LogP contribution in [-0.4, -0.2) is 61.0 Å². The van der Waals surface area contributed by atoms with Crippen LogP contribution in [0.4, 0.5) is 0 Å². The maximum Gasteiger partial charge on any atom is 0.0900 e. The van der Waals surface area contributed by atoms with Crippen molar-refractivity contribution in [1.82, 2.24) is 10.2 Å². The first-order valence-electron chi connectivity index (χ1n) is 6.87. The minimum absolute atomic E-state index is 0.191. The first kappa shape index (κ1) is 14.9. The average Bonchev–Trinajstić information content (AvgIpc) is 2.78. The quantitative estimate of drug-likeness (QED) is 0.664. The predicted molar refractivity (Wildman–Crippen MR) is 70.2 cm³/mol. The second-order valence-corrected chi connectivity index (χ2v) is 5.18. The lowest BCUT2D eigenvalue weighted by Crippen LogP contribution is -2.42. The monoisotopic (exact) mass is 244 g/mol. The lowest BCUT2D eigenvalue weighted by molar-refractivity contribution is -0.00863. The maximum absolute atomic E-state index is 9.89. The van der Waals surface area contributed by atoms with Gasteiger partial charge in [0.1, 0.15) is 0 Å². The van der Waals surface area contributed by atoms with Gasteiger partial charge in [-0.25, -0.2) is 0 Å². The van der Waals surface area contributed by atoms with E-state index in [1.54, 1.807) is 0 Å². The summed E-state index contributed by atoms with van der Waals surface area (Å²) in [6, 6.07) is 0.605. The molecule has 0 aromatic heterocycles. The summed E-state index contributed by atoms with van der Waals surface area (Å²) in [4.78, 5) is 2.30. The summed E-state index contributed by atoms with van der Waals surface area (Å²) in [6.07, 6.45) is 2.35. The first-order chi connectivity index (χ1) is 8.11. The molecule has 17 heavy (non-hydrogen) atoms. The number of nitrogens with one attached hydrogen (secondary N) is 1. The van der Waals surface area contributed by atoms with Gasteiger partial charge < -0.3 is 15.2 Å². The van der Waals surface area contributed by atoms with Crippen LogP contribution in [0.2, 0.25) is 0 Å². The van der Waals surface area contributed by atoms with E-state index < -0.39 is 0 Å². The van der Waals surface area contributed by atoms with Gasteiger partial charge in [0.05, 0.1) is 18.8 Å². The van der Waals surface area contributed by atoms with Crippen molar-refractivity contribution in [3.05, 3.63) is 0 Å². The Bertz CT molecular complexity index is 194. The van der Waals surface area contributed by atoms with Crippen molar-refractivity contribution < 1.29 is 9.84 Å². The maximum atomic E-state index is 9.89. The number of rotatable bonds is 8. The first-order valence-corrected chi connectivity index (χ1v) is 6.87. The highest BCUT2D eigenvalue weighted by Gasteiger charge is 2.18. The van der Waals surface area contributed by atoms with Crippen LogP contribution in [0.25, 0.3) is 0 Å². The molecule has 0 amide bonds. The Kier molecular flexibility index (Phi) is 7.04. The number of aliphatic hydroxyl groups excluding tert-OH is 1. The smallest absolute Gasteiger partial charge is 0.0900 e. The zero-order chi connectivity index (χ0) is 12.7. The average molecular weight is 244 g/mol. The fourth-order valence-corrected chi connectivity index (χ4v) is 2.21. The standard InChI is InChI=1S/C13H28N2O2/c1-4-15(8-12-6-5-7-14-12)9-13(16)10-17-11(2)3/h11-14,16H,4-10H2,1-3H3. The van der Waals surface area contributed by atoms with Crippen LogP contribution in [-0.2, 0) is 4.74 Å². The summed E-state index contributed by atoms with van der Waals surface area (Å²) in [5.41, 5.74) is 0. The highest BCUT2D eigenvalue weighted by Crippen LogP contribution is 2.07. The Morgan fingerprint density at radius 3 is 2.76 bits per heavy atom. The van der Waals surface area contributed by atoms with Crippen LogP contribution in [0.1, 0.15) is 33.6 Å². The van der Waals surface area contributed by atoms with Crippen molar-refractivity contribution in [3.8, 4) is 0 Å². The topological polar surface area (TPSA) is 44.7 Å². The molecule has 4 nitrogen and oxygen atoms in total. The molecule has 102 valence electrons. The van der Waals surface area contributed by atoms with E-state index in [1.807, 2.05) is 13.8 Å². The molecule has 1 rings (SSSR count). The molecule has 1 aliphatic rings. The van der Waals surface area contributed by atoms with Gasteiger partial charge in [-0.3, -0.25) is 4.90 Å². The highest BCUT2D eigenvalue weighted by molar-refractivity contribution is 4.78. The lowest BCUT2D eigenvalue weighted by Gasteiger charge is -2.26. The Morgan fingerprint density at radius 1 is 1.47 bits per heavy atom. The minimum atomic E-state index is -0.376. The SMILES string of the molecule is CCN(CC(O)COC(C)C)CC1CCCN1. The normalized spacial score (nSPS) is 22.6. The van der Waals surface area contributed by atoms with Gasteiger partial charge >= 0.3 is 0 Å². The molecule has 0 aromatic carbocycles. The Morgan fingerprint density at radius 2 is 2.24 bits per heavy atom. The third-order valence-corrected chi connectivity index (χ3v) is 3.18. The summed E-state index contributed by atoms with van der Waals surface area (Å²) >= 11 is 0. The van der Waals surface area contributed by atoms with Gasteiger partial charge in [-0.05, 0) is 39.8 Å². The van der Waals surface area contributed by atoms with E-state index >= 15 is 0 Å². The number of ether oxygens (including phenoxy) is 1. The number of nitrogens with zero attached hydrogens (tertiary/aromatic N) is 1. The molecule has 2 unspecified atom stereocenters. The molecular formula is C13H28N2O2. The largest absolute Gasteiger partial charge is 0.389 e. The van der Waals surface area contributed by atoms with E-state index in [1.165, 1.54) is 12.8 Å². The van der Waals surface area contributed by atoms with Gasteiger partial charge in [0.2, 0.25) is 0 Å². The summed E-state index contributed by atoms with van der Waals surface area (Å²) < 4.78 is 5.43. The van der Waals surface area contributed by atoms with Crippen molar-refractivity contribution in [2.75, 3.05) is 32.8 Å². The van der Waals surface area contributed by atoms with Gasteiger partial charge in [-0.2, -0.15) is 0 Å². The van der Waals surface area contributed by atoms with Gasteiger partial charge in [-0.15, -0.1) is 0 Å². The highest BCUT2D eigenvalue weighted by atomic mass is 16.5. The van der Waals surface area contributed by atoms with Crippen molar-refractivity contribution >= 4 is 0 Å². The molecule has 2 N–H and O–H groups in total. The Hall–Kier alpha value is -0.160. The van der Waals surface area contributed by atoms with E-state index in [4.69, 9.17) is 4.74 Å². The molecule has 1 aliphatic heterocycles. The van der Waals surface area contributed by atoms with E-state index in [2.05, 4.69) is 17.1 Å². The van der Waals surface area contributed by atoms with Crippen molar-refractivity contribution in [1.29, 1.82) is 0 Å². The molecule has 1 heterocycles. The molecule has 0 bridgehead atoms. The molecule has 0 spiro atoms. The number of likely N-dealkylation sites (N-methyl/N-ethyl adjacent to an activating group) is 1. The zero-order valence-corrected chi connectivity index (χ0v) is 11.5. The summed E-state index contributed by atoms with van der Waals surface area (Å²) in [7, 11) is 0. The summed E-state index contributed by atoms with van der Waals surface area (Å²) in [5, 5.41) is 13.4. The number of hydrogen-bond acceptors (Lipinski definition) is 4. The van der Waals surface area contributed by atoms with Gasteiger partial charge in [0.15, 0.2) is 0 Å². The van der Waals surface area contributed by atoms with Crippen LogP contribution >= 0.6 is 0 Å². The molecule has 1 saturated heterocycles.